The number of carbonyl (C=O) groups is 2. The van der Waals surface area contributed by atoms with Gasteiger partial charge in [-0.2, -0.15) is 0 Å². The van der Waals surface area contributed by atoms with Crippen molar-refractivity contribution in [2.45, 2.75) is 20.0 Å². The van der Waals surface area contributed by atoms with Crippen molar-refractivity contribution >= 4 is 23.4 Å². The van der Waals surface area contributed by atoms with Gasteiger partial charge in [0.25, 0.3) is 5.91 Å². The van der Waals surface area contributed by atoms with Gasteiger partial charge in [-0.15, -0.1) is 0 Å². The van der Waals surface area contributed by atoms with Crippen molar-refractivity contribution in [1.29, 1.82) is 0 Å². The van der Waals surface area contributed by atoms with Crippen LogP contribution in [0.2, 0.25) is 0 Å². The predicted octanol–water partition coefficient (Wildman–Crippen LogP) is 2.16. The van der Waals surface area contributed by atoms with E-state index in [0.29, 0.717) is 17.1 Å². The number of aryl methyl sites for hydroxylation is 1. The Balaban J connectivity index is 1.99. The number of esters is 1. The summed E-state index contributed by atoms with van der Waals surface area (Å²) in [6.07, 6.45) is 0.627. The first-order valence-electron chi connectivity index (χ1n) is 6.76. The molecule has 2 rings (SSSR count). The average Bonchev–Trinajstić information content (AvgIpc) is 2.49. The van der Waals surface area contributed by atoms with Crippen molar-refractivity contribution < 1.29 is 14.3 Å². The number of aromatic nitrogens is 1. The maximum Gasteiger partial charge on any atom is 0.338 e. The van der Waals surface area contributed by atoms with Gasteiger partial charge in [0.2, 0.25) is 0 Å². The first-order valence-corrected chi connectivity index (χ1v) is 6.76. The monoisotopic (exact) mass is 299 g/mol. The van der Waals surface area contributed by atoms with Crippen LogP contribution in [0.3, 0.4) is 0 Å². The molecule has 0 spiro atoms. The van der Waals surface area contributed by atoms with E-state index in [9.17, 15) is 9.59 Å². The van der Waals surface area contributed by atoms with Crippen LogP contribution >= 0.6 is 0 Å². The van der Waals surface area contributed by atoms with Gasteiger partial charge in [0.05, 0.1) is 5.56 Å². The van der Waals surface area contributed by atoms with Gasteiger partial charge in [-0.3, -0.25) is 4.79 Å². The van der Waals surface area contributed by atoms with Gasteiger partial charge in [-0.05, 0) is 43.7 Å². The van der Waals surface area contributed by atoms with E-state index in [1.807, 2.05) is 13.0 Å². The minimum Gasteiger partial charge on any atom is -0.449 e. The van der Waals surface area contributed by atoms with Crippen molar-refractivity contribution in [3.63, 3.8) is 0 Å². The number of hydrogen-bond acceptors (Lipinski definition) is 5. The number of nitrogens with two attached hydrogens (primary N) is 1. The molecule has 0 radical (unpaired) electrons. The lowest BCUT2D eigenvalue weighted by Crippen LogP contribution is -2.30. The molecule has 6 heteroatoms. The van der Waals surface area contributed by atoms with Crippen molar-refractivity contribution in [3.8, 4) is 0 Å². The number of hydrogen-bond donors (Lipinski definition) is 2. The van der Waals surface area contributed by atoms with Gasteiger partial charge in [0.1, 0.15) is 5.82 Å². The lowest BCUT2D eigenvalue weighted by atomic mass is 10.2. The van der Waals surface area contributed by atoms with Gasteiger partial charge >= 0.3 is 5.97 Å². The van der Waals surface area contributed by atoms with Crippen LogP contribution in [0.25, 0.3) is 0 Å². The maximum absolute atomic E-state index is 12.0. The highest BCUT2D eigenvalue weighted by Crippen LogP contribution is 2.12. The Hall–Kier alpha value is -2.89. The van der Waals surface area contributed by atoms with Crippen LogP contribution in [0.15, 0.2) is 42.6 Å². The summed E-state index contributed by atoms with van der Waals surface area (Å²) >= 11 is 0. The quantitative estimate of drug-likeness (QED) is 0.666. The second-order valence-electron chi connectivity index (χ2n) is 4.83. The molecule has 2 aromatic rings. The third kappa shape index (κ3) is 3.82. The second kappa shape index (κ2) is 6.71. The summed E-state index contributed by atoms with van der Waals surface area (Å²) in [5, 5.41) is 2.63. The summed E-state index contributed by atoms with van der Waals surface area (Å²) in [5.74, 6) is -0.605. The standard InChI is InChI=1S/C16H17N3O3/c1-10-5-4-8-18-14(10)19-15(20)11(2)22-16(21)12-6-3-7-13(17)9-12/h3-9,11H,17H2,1-2H3,(H,18,19,20). The Kier molecular flexibility index (Phi) is 4.73. The highest BCUT2D eigenvalue weighted by atomic mass is 16.5. The van der Waals surface area contributed by atoms with Crippen LogP contribution in [-0.2, 0) is 9.53 Å². The van der Waals surface area contributed by atoms with Crippen molar-refractivity contribution in [3.05, 3.63) is 53.7 Å². The van der Waals surface area contributed by atoms with Gasteiger partial charge in [-0.1, -0.05) is 12.1 Å². The number of rotatable bonds is 4. The molecular weight excluding hydrogens is 282 g/mol. The number of carbonyl (C=O) groups excluding carboxylic acids is 2. The molecule has 1 aromatic carbocycles. The predicted molar refractivity (Wildman–Crippen MR) is 83.3 cm³/mol. The minimum absolute atomic E-state index is 0.300. The summed E-state index contributed by atoms with van der Waals surface area (Å²) in [6, 6.07) is 9.98. The zero-order valence-corrected chi connectivity index (χ0v) is 12.4. The number of nitrogen functional groups attached to an aromatic ring is 1. The van der Waals surface area contributed by atoms with Crippen LogP contribution in [0, 0.1) is 6.92 Å². The molecule has 3 N–H and O–H groups in total. The van der Waals surface area contributed by atoms with E-state index in [4.69, 9.17) is 10.5 Å². The Labute approximate surface area is 128 Å². The lowest BCUT2D eigenvalue weighted by molar-refractivity contribution is -0.123. The fourth-order valence-electron chi connectivity index (χ4n) is 1.78. The molecule has 1 atom stereocenters. The highest BCUT2D eigenvalue weighted by Gasteiger charge is 2.19. The van der Waals surface area contributed by atoms with Crippen LogP contribution in [0.1, 0.15) is 22.8 Å². The van der Waals surface area contributed by atoms with Gasteiger partial charge < -0.3 is 15.8 Å². The summed E-state index contributed by atoms with van der Waals surface area (Å²) in [4.78, 5) is 28.1. The molecule has 1 amide bonds. The zero-order valence-electron chi connectivity index (χ0n) is 12.4. The van der Waals surface area contributed by atoms with E-state index >= 15 is 0 Å². The van der Waals surface area contributed by atoms with E-state index in [1.54, 1.807) is 30.5 Å². The molecule has 0 fully saturated rings. The normalized spacial score (nSPS) is 11.5. The van der Waals surface area contributed by atoms with Gasteiger partial charge in [0, 0.05) is 11.9 Å². The molecule has 1 aromatic heterocycles. The van der Waals surface area contributed by atoms with E-state index in [0.717, 1.165) is 5.56 Å². The van der Waals surface area contributed by atoms with E-state index in [-0.39, 0.29) is 0 Å². The fourth-order valence-corrected chi connectivity index (χ4v) is 1.78. The topological polar surface area (TPSA) is 94.3 Å². The van der Waals surface area contributed by atoms with E-state index < -0.39 is 18.0 Å². The van der Waals surface area contributed by atoms with Crippen molar-refractivity contribution in [1.82, 2.24) is 4.98 Å². The Morgan fingerprint density at radius 3 is 2.73 bits per heavy atom. The van der Waals surface area contributed by atoms with E-state index in [2.05, 4.69) is 10.3 Å². The Morgan fingerprint density at radius 1 is 1.27 bits per heavy atom. The zero-order chi connectivity index (χ0) is 16.1. The molecule has 0 saturated heterocycles. The first-order chi connectivity index (χ1) is 10.5. The minimum atomic E-state index is -0.949. The number of pyridine rings is 1. The Bertz CT molecular complexity index is 701. The fraction of sp³-hybridized carbons (Fsp3) is 0.188. The molecule has 0 saturated carbocycles. The number of nitrogens with one attached hydrogen (secondary N) is 1. The van der Waals surface area contributed by atoms with Gasteiger partial charge in [0.15, 0.2) is 6.10 Å². The van der Waals surface area contributed by atoms with Crippen molar-refractivity contribution in [2.75, 3.05) is 11.1 Å². The molecule has 0 aliphatic heterocycles. The van der Waals surface area contributed by atoms with Crippen LogP contribution < -0.4 is 11.1 Å². The smallest absolute Gasteiger partial charge is 0.338 e. The lowest BCUT2D eigenvalue weighted by Gasteiger charge is -2.14. The number of benzene rings is 1. The van der Waals surface area contributed by atoms with Crippen LogP contribution in [0.5, 0.6) is 0 Å². The SMILES string of the molecule is Cc1cccnc1NC(=O)C(C)OC(=O)c1cccc(N)c1. The highest BCUT2D eigenvalue weighted by molar-refractivity contribution is 5.97. The van der Waals surface area contributed by atoms with Gasteiger partial charge in [-0.25, -0.2) is 9.78 Å². The molecule has 0 bridgehead atoms. The first kappa shape index (κ1) is 15.5. The molecule has 114 valence electrons. The average molecular weight is 299 g/mol. The maximum atomic E-state index is 12.0. The molecule has 0 aliphatic carbocycles. The molecular formula is C16H17N3O3. The van der Waals surface area contributed by atoms with E-state index in [1.165, 1.54) is 13.0 Å². The molecule has 1 unspecified atom stereocenters. The number of anilines is 2. The summed E-state index contributed by atoms with van der Waals surface area (Å²) in [5.41, 5.74) is 7.19. The number of amides is 1. The Morgan fingerprint density at radius 2 is 2.05 bits per heavy atom. The third-order valence-electron chi connectivity index (χ3n) is 3.03. The number of ether oxygens (including phenoxy) is 1. The molecule has 6 nitrogen and oxygen atoms in total. The summed E-state index contributed by atoms with van der Waals surface area (Å²) < 4.78 is 5.13. The van der Waals surface area contributed by atoms with Crippen LogP contribution in [0.4, 0.5) is 11.5 Å². The largest absolute Gasteiger partial charge is 0.449 e. The third-order valence-corrected chi connectivity index (χ3v) is 3.03. The second-order valence-corrected chi connectivity index (χ2v) is 4.83. The van der Waals surface area contributed by atoms with Crippen molar-refractivity contribution in [2.24, 2.45) is 0 Å². The molecule has 1 heterocycles. The molecule has 22 heavy (non-hydrogen) atoms. The summed E-state index contributed by atoms with van der Waals surface area (Å²) in [6.45, 7) is 3.32. The summed E-state index contributed by atoms with van der Waals surface area (Å²) in [7, 11) is 0. The molecule has 0 aliphatic rings. The van der Waals surface area contributed by atoms with Crippen LogP contribution in [-0.4, -0.2) is 23.0 Å². The number of nitrogens with zero attached hydrogens (tertiary/aromatic N) is 1.